The summed E-state index contributed by atoms with van der Waals surface area (Å²) in [5, 5.41) is 12.8. The van der Waals surface area contributed by atoms with Crippen LogP contribution in [0.2, 0.25) is 0 Å². The molecule has 0 saturated carbocycles. The monoisotopic (exact) mass is 249 g/mol. The average molecular weight is 249 g/mol. The zero-order valence-electron chi connectivity index (χ0n) is 10.7. The van der Waals surface area contributed by atoms with Crippen LogP contribution < -0.4 is 11.2 Å². The first kappa shape index (κ1) is 14.2. The lowest BCUT2D eigenvalue weighted by molar-refractivity contribution is -0.138. The van der Waals surface area contributed by atoms with Crippen LogP contribution in [-0.4, -0.2) is 22.8 Å². The van der Waals surface area contributed by atoms with Crippen molar-refractivity contribution in [2.24, 2.45) is 10.8 Å². The fourth-order valence-electron chi connectivity index (χ4n) is 1.42. The van der Waals surface area contributed by atoms with Crippen LogP contribution in [0.25, 0.3) is 0 Å². The van der Waals surface area contributed by atoms with Crippen LogP contribution in [0, 0.1) is 0 Å². The van der Waals surface area contributed by atoms with Crippen LogP contribution in [0.15, 0.2) is 29.4 Å². The Balaban J connectivity index is 2.52. The maximum Gasteiger partial charge on any atom is 0.320 e. The van der Waals surface area contributed by atoms with Crippen LogP contribution in [0.4, 0.5) is 0 Å². The van der Waals surface area contributed by atoms with E-state index in [1.54, 1.807) is 0 Å². The van der Waals surface area contributed by atoms with Gasteiger partial charge in [-0.15, -0.1) is 0 Å². The van der Waals surface area contributed by atoms with Crippen molar-refractivity contribution >= 4 is 11.7 Å². The molecule has 0 aliphatic rings. The third kappa shape index (κ3) is 4.97. The number of nitrogens with zero attached hydrogens (tertiary/aromatic N) is 1. The van der Waals surface area contributed by atoms with Crippen LogP contribution in [0.3, 0.4) is 0 Å². The number of rotatable bonds is 6. The molecule has 0 heterocycles. The van der Waals surface area contributed by atoms with Gasteiger partial charge in [0.2, 0.25) is 0 Å². The van der Waals surface area contributed by atoms with Crippen LogP contribution in [0.5, 0.6) is 0 Å². The number of aliphatic carboxylic acids is 1. The summed E-state index contributed by atoms with van der Waals surface area (Å²) in [4.78, 5) is 10.6. The molecule has 0 fully saturated rings. The van der Waals surface area contributed by atoms with Gasteiger partial charge in [-0.2, -0.15) is 5.10 Å². The van der Waals surface area contributed by atoms with Crippen LogP contribution in [-0.2, 0) is 17.8 Å². The number of carbonyl (C=O) groups is 1. The van der Waals surface area contributed by atoms with Gasteiger partial charge < -0.3 is 16.3 Å². The summed E-state index contributed by atoms with van der Waals surface area (Å²) in [6, 6.07) is 6.82. The number of hydrazone groups is 1. The average Bonchev–Trinajstić information content (AvgIpc) is 2.30. The summed E-state index contributed by atoms with van der Waals surface area (Å²) in [6.07, 6.45) is 0.343. The summed E-state index contributed by atoms with van der Waals surface area (Å²) in [6.45, 7) is 4.49. The second-order valence-corrected chi connectivity index (χ2v) is 4.36. The Morgan fingerprint density at radius 2 is 1.89 bits per heavy atom. The normalized spacial score (nSPS) is 11.7. The molecule has 0 aliphatic carbocycles. The lowest BCUT2D eigenvalue weighted by Gasteiger charge is -2.07. The fourth-order valence-corrected chi connectivity index (χ4v) is 1.42. The molecule has 1 aromatic carbocycles. The Morgan fingerprint density at radius 3 is 2.39 bits per heavy atom. The minimum Gasteiger partial charge on any atom is -0.480 e. The van der Waals surface area contributed by atoms with Crippen molar-refractivity contribution in [2.45, 2.75) is 32.9 Å². The van der Waals surface area contributed by atoms with E-state index in [1.807, 2.05) is 38.1 Å². The predicted octanol–water partition coefficient (Wildman–Crippen LogP) is 1.13. The number of carboxylic acids is 1. The van der Waals surface area contributed by atoms with E-state index in [-0.39, 0.29) is 0 Å². The van der Waals surface area contributed by atoms with Crippen LogP contribution in [0.1, 0.15) is 25.0 Å². The smallest absolute Gasteiger partial charge is 0.320 e. The Hall–Kier alpha value is -1.88. The van der Waals surface area contributed by atoms with E-state index >= 15 is 0 Å². The van der Waals surface area contributed by atoms with Crippen LogP contribution >= 0.6 is 0 Å². The molecule has 0 unspecified atom stereocenters. The quantitative estimate of drug-likeness (QED) is 0.521. The summed E-state index contributed by atoms with van der Waals surface area (Å²) in [5.74, 6) is -0.978. The first-order chi connectivity index (χ1) is 8.49. The zero-order valence-corrected chi connectivity index (χ0v) is 10.7. The minimum absolute atomic E-state index is 0.343. The van der Waals surface area contributed by atoms with Gasteiger partial charge in [-0.3, -0.25) is 4.79 Å². The van der Waals surface area contributed by atoms with E-state index < -0.39 is 12.0 Å². The topological polar surface area (TPSA) is 87.7 Å². The van der Waals surface area contributed by atoms with Gasteiger partial charge in [-0.05, 0) is 31.4 Å². The van der Waals surface area contributed by atoms with E-state index in [0.29, 0.717) is 13.0 Å². The van der Waals surface area contributed by atoms with Gasteiger partial charge in [-0.1, -0.05) is 24.3 Å². The maximum atomic E-state index is 10.6. The zero-order chi connectivity index (χ0) is 13.5. The summed E-state index contributed by atoms with van der Waals surface area (Å²) in [7, 11) is 0. The summed E-state index contributed by atoms with van der Waals surface area (Å²) >= 11 is 0. The van der Waals surface area contributed by atoms with Gasteiger partial charge >= 0.3 is 5.97 Å². The fraction of sp³-hybridized carbons (Fsp3) is 0.385. The molecule has 0 bridgehead atoms. The number of hydrogen-bond acceptors (Lipinski definition) is 4. The van der Waals surface area contributed by atoms with E-state index in [0.717, 1.165) is 16.8 Å². The molecule has 98 valence electrons. The highest BCUT2D eigenvalue weighted by molar-refractivity contribution is 5.78. The largest absolute Gasteiger partial charge is 0.480 e. The Kier molecular flexibility index (Phi) is 5.32. The Bertz CT molecular complexity index is 422. The minimum atomic E-state index is -0.978. The van der Waals surface area contributed by atoms with Gasteiger partial charge in [0, 0.05) is 5.71 Å². The summed E-state index contributed by atoms with van der Waals surface area (Å²) in [5.41, 5.74) is 11.4. The third-order valence-electron chi connectivity index (χ3n) is 2.38. The molecule has 0 aliphatic heterocycles. The maximum absolute atomic E-state index is 10.6. The first-order valence-electron chi connectivity index (χ1n) is 5.79. The molecule has 5 heteroatoms. The molecular weight excluding hydrogens is 230 g/mol. The van der Waals surface area contributed by atoms with E-state index in [1.165, 1.54) is 0 Å². The predicted molar refractivity (Wildman–Crippen MR) is 71.4 cm³/mol. The lowest BCUT2D eigenvalue weighted by atomic mass is 10.0. The molecule has 0 saturated heterocycles. The molecule has 1 aromatic rings. The van der Waals surface area contributed by atoms with Gasteiger partial charge in [0.25, 0.3) is 0 Å². The molecule has 4 N–H and O–H groups in total. The van der Waals surface area contributed by atoms with Gasteiger partial charge in [0.1, 0.15) is 6.04 Å². The summed E-state index contributed by atoms with van der Waals surface area (Å²) < 4.78 is 0. The first-order valence-corrected chi connectivity index (χ1v) is 5.79. The van der Waals surface area contributed by atoms with Crippen molar-refractivity contribution in [1.82, 2.24) is 5.43 Å². The molecule has 0 aromatic heterocycles. The molecule has 0 spiro atoms. The van der Waals surface area contributed by atoms with Crippen molar-refractivity contribution < 1.29 is 9.90 Å². The molecule has 1 rings (SSSR count). The Labute approximate surface area is 107 Å². The highest BCUT2D eigenvalue weighted by Crippen LogP contribution is 2.06. The molecule has 0 amide bonds. The number of nitrogens with two attached hydrogens (primary N) is 1. The molecule has 5 nitrogen and oxygen atoms in total. The van der Waals surface area contributed by atoms with Crippen molar-refractivity contribution in [2.75, 3.05) is 0 Å². The van der Waals surface area contributed by atoms with Crippen molar-refractivity contribution in [3.05, 3.63) is 35.4 Å². The van der Waals surface area contributed by atoms with Crippen molar-refractivity contribution in [3.8, 4) is 0 Å². The third-order valence-corrected chi connectivity index (χ3v) is 2.38. The SMILES string of the molecule is CC(C)=NNCc1ccc(C[C@H](N)C(=O)O)cc1. The van der Waals surface area contributed by atoms with E-state index in [9.17, 15) is 4.79 Å². The molecule has 1 atom stereocenters. The molecule has 0 radical (unpaired) electrons. The Morgan fingerprint density at radius 1 is 1.33 bits per heavy atom. The number of carboxylic acid groups (broad SMARTS) is 1. The highest BCUT2D eigenvalue weighted by atomic mass is 16.4. The number of nitrogens with one attached hydrogen (secondary N) is 1. The van der Waals surface area contributed by atoms with E-state index in [2.05, 4.69) is 10.5 Å². The van der Waals surface area contributed by atoms with Gasteiger partial charge in [0.05, 0.1) is 6.54 Å². The number of hydrogen-bond donors (Lipinski definition) is 3. The second kappa shape index (κ2) is 6.76. The molecular formula is C13H19N3O2. The standard InChI is InChI=1S/C13H19N3O2/c1-9(2)16-15-8-11-5-3-10(4-6-11)7-12(14)13(17)18/h3-6,12,15H,7-8,14H2,1-2H3,(H,17,18)/t12-/m0/s1. The van der Waals surface area contributed by atoms with Gasteiger partial charge in [-0.25, -0.2) is 0 Å². The van der Waals surface area contributed by atoms with E-state index in [4.69, 9.17) is 10.8 Å². The van der Waals surface area contributed by atoms with Crippen molar-refractivity contribution in [1.29, 1.82) is 0 Å². The second-order valence-electron chi connectivity index (χ2n) is 4.36. The number of benzene rings is 1. The van der Waals surface area contributed by atoms with Crippen molar-refractivity contribution in [3.63, 3.8) is 0 Å². The van der Waals surface area contributed by atoms with Gasteiger partial charge in [0.15, 0.2) is 0 Å². The molecule has 18 heavy (non-hydrogen) atoms. The highest BCUT2D eigenvalue weighted by Gasteiger charge is 2.11. The lowest BCUT2D eigenvalue weighted by Crippen LogP contribution is -2.32.